The molecule has 0 N–H and O–H groups in total. The van der Waals surface area contributed by atoms with Crippen LogP contribution < -0.4 is 0 Å². The Morgan fingerprint density at radius 1 is 1.36 bits per heavy atom. The lowest BCUT2D eigenvalue weighted by Gasteiger charge is -2.01. The Bertz CT molecular complexity index is 508. The summed E-state index contributed by atoms with van der Waals surface area (Å²) in [6, 6.07) is 6.09. The van der Waals surface area contributed by atoms with E-state index in [-0.39, 0.29) is 11.6 Å². The van der Waals surface area contributed by atoms with Crippen LogP contribution in [0.25, 0.3) is 10.8 Å². The fourth-order valence-electron chi connectivity index (χ4n) is 1.42. The third kappa shape index (κ3) is 1.37. The average molecular weight is 189 g/mol. The van der Waals surface area contributed by atoms with Crippen molar-refractivity contribution in [1.29, 1.82) is 0 Å². The molecule has 14 heavy (non-hydrogen) atoms. The van der Waals surface area contributed by atoms with Crippen LogP contribution >= 0.6 is 0 Å². The fraction of sp³-hybridized carbons (Fsp3) is 0.0909. The van der Waals surface area contributed by atoms with E-state index in [9.17, 15) is 9.18 Å². The van der Waals surface area contributed by atoms with Gasteiger partial charge in [0.1, 0.15) is 11.5 Å². The molecule has 0 aliphatic carbocycles. The zero-order chi connectivity index (χ0) is 10.1. The first-order valence-electron chi connectivity index (χ1n) is 4.23. The molecule has 0 unspecified atom stereocenters. The van der Waals surface area contributed by atoms with Crippen LogP contribution in [0.15, 0.2) is 30.5 Å². The summed E-state index contributed by atoms with van der Waals surface area (Å²) in [7, 11) is 0. The predicted molar refractivity (Wildman–Crippen MR) is 51.7 cm³/mol. The van der Waals surface area contributed by atoms with Gasteiger partial charge in [-0.2, -0.15) is 0 Å². The largest absolute Gasteiger partial charge is 0.293 e. The van der Waals surface area contributed by atoms with Crippen molar-refractivity contribution in [2.45, 2.75) is 6.92 Å². The van der Waals surface area contributed by atoms with Gasteiger partial charge in [-0.25, -0.2) is 4.39 Å². The van der Waals surface area contributed by atoms with Crippen molar-refractivity contribution in [3.8, 4) is 0 Å². The lowest BCUT2D eigenvalue weighted by Crippen LogP contribution is -1.97. The Labute approximate surface area is 80.4 Å². The summed E-state index contributed by atoms with van der Waals surface area (Å²) in [5.74, 6) is -0.505. The van der Waals surface area contributed by atoms with Crippen LogP contribution in [0.3, 0.4) is 0 Å². The van der Waals surface area contributed by atoms with Crippen LogP contribution in [0.1, 0.15) is 17.4 Å². The summed E-state index contributed by atoms with van der Waals surface area (Å²) in [6.45, 7) is 1.42. The summed E-state index contributed by atoms with van der Waals surface area (Å²) >= 11 is 0. The number of aromatic nitrogens is 1. The van der Waals surface area contributed by atoms with Gasteiger partial charge in [-0.1, -0.05) is 6.07 Å². The first kappa shape index (κ1) is 8.81. The molecule has 2 aromatic rings. The van der Waals surface area contributed by atoms with Gasteiger partial charge in [0.2, 0.25) is 0 Å². The minimum Gasteiger partial charge on any atom is -0.293 e. The normalized spacial score (nSPS) is 10.4. The van der Waals surface area contributed by atoms with E-state index in [1.54, 1.807) is 18.3 Å². The van der Waals surface area contributed by atoms with E-state index < -0.39 is 0 Å². The topological polar surface area (TPSA) is 30.0 Å². The van der Waals surface area contributed by atoms with Crippen molar-refractivity contribution >= 4 is 16.6 Å². The van der Waals surface area contributed by atoms with Gasteiger partial charge in [-0.05, 0) is 23.6 Å². The Hall–Kier alpha value is -1.77. The zero-order valence-corrected chi connectivity index (χ0v) is 7.62. The molecule has 0 amide bonds. The van der Waals surface area contributed by atoms with Crippen molar-refractivity contribution in [2.75, 3.05) is 0 Å². The minimum atomic E-state index is -0.354. The van der Waals surface area contributed by atoms with E-state index >= 15 is 0 Å². The van der Waals surface area contributed by atoms with Crippen LogP contribution in [-0.4, -0.2) is 10.8 Å². The van der Waals surface area contributed by atoms with Gasteiger partial charge in [0, 0.05) is 18.5 Å². The van der Waals surface area contributed by atoms with E-state index in [0.29, 0.717) is 11.1 Å². The molecule has 0 fully saturated rings. The number of fused-ring (bicyclic) bond motifs is 1. The Morgan fingerprint density at radius 2 is 2.14 bits per heavy atom. The van der Waals surface area contributed by atoms with E-state index in [0.717, 1.165) is 5.39 Å². The van der Waals surface area contributed by atoms with Crippen molar-refractivity contribution in [2.24, 2.45) is 0 Å². The number of halogens is 1. The number of ketones is 1. The Kier molecular flexibility index (Phi) is 2.00. The molecule has 0 saturated heterocycles. The summed E-state index contributed by atoms with van der Waals surface area (Å²) in [5.41, 5.74) is 0.321. The van der Waals surface area contributed by atoms with Gasteiger partial charge in [-0.3, -0.25) is 9.78 Å². The summed E-state index contributed by atoms with van der Waals surface area (Å²) in [5, 5.41) is 1.40. The molecular weight excluding hydrogens is 181 g/mol. The second-order valence-corrected chi connectivity index (χ2v) is 3.08. The van der Waals surface area contributed by atoms with E-state index in [2.05, 4.69) is 4.98 Å². The number of carbonyl (C=O) groups is 1. The molecule has 1 aromatic heterocycles. The monoisotopic (exact) mass is 189 g/mol. The molecule has 70 valence electrons. The van der Waals surface area contributed by atoms with Crippen molar-refractivity contribution in [3.05, 3.63) is 42.0 Å². The molecular formula is C11H8FNO. The number of Topliss-reactive ketones (excluding diaryl/α,β-unsaturated/α-hetero) is 1. The highest BCUT2D eigenvalue weighted by Crippen LogP contribution is 2.18. The second kappa shape index (κ2) is 3.18. The quantitative estimate of drug-likeness (QED) is 0.645. The molecule has 0 aliphatic rings. The number of hydrogen-bond donors (Lipinski definition) is 0. The van der Waals surface area contributed by atoms with E-state index in [1.807, 2.05) is 0 Å². The van der Waals surface area contributed by atoms with Crippen molar-refractivity contribution in [1.82, 2.24) is 4.98 Å². The maximum atomic E-state index is 12.9. The Morgan fingerprint density at radius 3 is 2.86 bits per heavy atom. The smallest absolute Gasteiger partial charge is 0.178 e. The third-order valence-electron chi connectivity index (χ3n) is 2.06. The lowest BCUT2D eigenvalue weighted by atomic mass is 10.1. The first-order valence-corrected chi connectivity index (χ1v) is 4.23. The molecule has 1 heterocycles. The number of rotatable bonds is 1. The molecule has 1 aromatic carbocycles. The van der Waals surface area contributed by atoms with Gasteiger partial charge in [0.15, 0.2) is 5.78 Å². The van der Waals surface area contributed by atoms with Crippen molar-refractivity contribution in [3.63, 3.8) is 0 Å². The SMILES string of the molecule is CC(=O)c1nccc2ccc(F)cc12. The maximum absolute atomic E-state index is 12.9. The molecule has 0 bridgehead atoms. The number of carbonyl (C=O) groups excluding carboxylic acids is 1. The standard InChI is InChI=1S/C11H8FNO/c1-7(14)11-10-6-9(12)3-2-8(10)4-5-13-11/h2-6H,1H3. The molecule has 3 heteroatoms. The number of benzene rings is 1. The van der Waals surface area contributed by atoms with Crippen LogP contribution in [0.2, 0.25) is 0 Å². The Balaban J connectivity index is 2.84. The molecule has 2 rings (SSSR count). The zero-order valence-electron chi connectivity index (χ0n) is 7.62. The minimum absolute atomic E-state index is 0.152. The number of nitrogens with zero attached hydrogens (tertiary/aromatic N) is 1. The van der Waals surface area contributed by atoms with Crippen LogP contribution in [0.5, 0.6) is 0 Å². The fourth-order valence-corrected chi connectivity index (χ4v) is 1.42. The average Bonchev–Trinajstić information content (AvgIpc) is 2.16. The van der Waals surface area contributed by atoms with E-state index in [4.69, 9.17) is 0 Å². The third-order valence-corrected chi connectivity index (χ3v) is 2.06. The van der Waals surface area contributed by atoms with Gasteiger partial charge in [0.25, 0.3) is 0 Å². The summed E-state index contributed by atoms with van der Waals surface area (Å²) in [4.78, 5) is 15.1. The summed E-state index contributed by atoms with van der Waals surface area (Å²) < 4.78 is 12.9. The van der Waals surface area contributed by atoms with Gasteiger partial charge >= 0.3 is 0 Å². The van der Waals surface area contributed by atoms with Crippen LogP contribution in [-0.2, 0) is 0 Å². The van der Waals surface area contributed by atoms with Crippen LogP contribution in [0, 0.1) is 5.82 Å². The molecule has 0 radical (unpaired) electrons. The van der Waals surface area contributed by atoms with Gasteiger partial charge in [-0.15, -0.1) is 0 Å². The first-order chi connectivity index (χ1) is 6.68. The van der Waals surface area contributed by atoms with Gasteiger partial charge < -0.3 is 0 Å². The molecule has 0 aliphatic heterocycles. The lowest BCUT2D eigenvalue weighted by molar-refractivity contribution is 0.101. The van der Waals surface area contributed by atoms with Gasteiger partial charge in [0.05, 0.1) is 0 Å². The summed E-state index contributed by atoms with van der Waals surface area (Å²) in [6.07, 6.45) is 1.55. The predicted octanol–water partition coefficient (Wildman–Crippen LogP) is 2.58. The molecule has 2 nitrogen and oxygen atoms in total. The molecule has 0 saturated carbocycles. The molecule has 0 spiro atoms. The van der Waals surface area contributed by atoms with Crippen molar-refractivity contribution < 1.29 is 9.18 Å². The molecule has 0 atom stereocenters. The highest BCUT2D eigenvalue weighted by molar-refractivity contribution is 6.05. The number of hydrogen-bond acceptors (Lipinski definition) is 2. The highest BCUT2D eigenvalue weighted by Gasteiger charge is 2.07. The number of pyridine rings is 1. The second-order valence-electron chi connectivity index (χ2n) is 3.08. The van der Waals surface area contributed by atoms with Crippen LogP contribution in [0.4, 0.5) is 4.39 Å². The van der Waals surface area contributed by atoms with E-state index in [1.165, 1.54) is 19.1 Å². The highest BCUT2D eigenvalue weighted by atomic mass is 19.1. The maximum Gasteiger partial charge on any atom is 0.178 e.